The van der Waals surface area contributed by atoms with Gasteiger partial charge in [-0.3, -0.25) is 9.69 Å². The van der Waals surface area contributed by atoms with Crippen LogP contribution in [0.4, 0.5) is 0 Å². The van der Waals surface area contributed by atoms with E-state index in [-0.39, 0.29) is 18.3 Å². The number of aryl methyl sites for hydroxylation is 1. The summed E-state index contributed by atoms with van der Waals surface area (Å²) >= 11 is 1.74. The van der Waals surface area contributed by atoms with E-state index in [0.29, 0.717) is 18.6 Å². The molecule has 0 bridgehead atoms. The van der Waals surface area contributed by atoms with Crippen LogP contribution >= 0.6 is 11.3 Å². The molecule has 2 aromatic carbocycles. The summed E-state index contributed by atoms with van der Waals surface area (Å²) in [6, 6.07) is 16.9. The third-order valence-corrected chi connectivity index (χ3v) is 8.85. The number of rotatable bonds is 9. The van der Waals surface area contributed by atoms with Crippen LogP contribution in [0.1, 0.15) is 72.0 Å². The highest BCUT2D eigenvalue weighted by molar-refractivity contribution is 7.11. The van der Waals surface area contributed by atoms with Crippen molar-refractivity contribution >= 4 is 17.3 Å². The molecular formula is C32H36N2O3S. The maximum atomic E-state index is 11.9. The van der Waals surface area contributed by atoms with Crippen LogP contribution in [-0.2, 0) is 34.5 Å². The molecule has 1 atom stereocenters. The minimum absolute atomic E-state index is 0.176. The van der Waals surface area contributed by atoms with Gasteiger partial charge in [0.2, 0.25) is 0 Å². The third-order valence-electron chi connectivity index (χ3n) is 7.89. The van der Waals surface area contributed by atoms with Gasteiger partial charge in [0.05, 0.1) is 30.4 Å². The number of carbonyl (C=O) groups is 1. The van der Waals surface area contributed by atoms with Gasteiger partial charge in [0, 0.05) is 6.20 Å². The minimum atomic E-state index is -0.227. The summed E-state index contributed by atoms with van der Waals surface area (Å²) in [5.74, 6) is 6.43. The van der Waals surface area contributed by atoms with Crippen molar-refractivity contribution in [3.8, 4) is 17.6 Å². The highest BCUT2D eigenvalue weighted by Gasteiger charge is 2.40. The van der Waals surface area contributed by atoms with Crippen molar-refractivity contribution in [3.05, 3.63) is 81.3 Å². The number of esters is 1. The monoisotopic (exact) mass is 528 g/mol. The zero-order chi connectivity index (χ0) is 26.4. The summed E-state index contributed by atoms with van der Waals surface area (Å²) in [4.78, 5) is 20.3. The normalized spacial score (nSPS) is 16.9. The fraction of sp³-hybridized carbons (Fsp3) is 0.438. The van der Waals surface area contributed by atoms with Crippen LogP contribution in [0, 0.1) is 11.8 Å². The maximum absolute atomic E-state index is 11.9. The van der Waals surface area contributed by atoms with Crippen molar-refractivity contribution < 1.29 is 14.3 Å². The zero-order valence-corrected chi connectivity index (χ0v) is 23.2. The number of likely N-dealkylation sites (tertiary alicyclic amines) is 1. The Morgan fingerprint density at radius 2 is 1.92 bits per heavy atom. The lowest BCUT2D eigenvalue weighted by atomic mass is 9.74. The number of hydrogen-bond donors (Lipinski definition) is 0. The Morgan fingerprint density at radius 3 is 2.68 bits per heavy atom. The number of ether oxygens (including phenoxy) is 2. The van der Waals surface area contributed by atoms with Gasteiger partial charge in [-0.15, -0.1) is 17.3 Å². The number of carbonyl (C=O) groups excluding carboxylic acids is 1. The van der Waals surface area contributed by atoms with Crippen LogP contribution < -0.4 is 4.74 Å². The zero-order valence-electron chi connectivity index (χ0n) is 22.4. The number of thiazole rings is 1. The van der Waals surface area contributed by atoms with E-state index in [0.717, 1.165) is 40.8 Å². The first-order valence-electron chi connectivity index (χ1n) is 13.6. The lowest BCUT2D eigenvalue weighted by molar-refractivity contribution is -0.143. The van der Waals surface area contributed by atoms with Gasteiger partial charge in [0.25, 0.3) is 0 Å². The van der Waals surface area contributed by atoms with Gasteiger partial charge in [-0.05, 0) is 86.9 Å². The van der Waals surface area contributed by atoms with E-state index < -0.39 is 0 Å². The number of piperidine rings is 1. The number of benzene rings is 2. The third kappa shape index (κ3) is 6.11. The topological polar surface area (TPSA) is 51.7 Å². The fourth-order valence-corrected chi connectivity index (χ4v) is 6.74. The molecule has 1 fully saturated rings. The van der Waals surface area contributed by atoms with Gasteiger partial charge in [-0.25, -0.2) is 4.98 Å². The highest BCUT2D eigenvalue weighted by atomic mass is 32.1. The second-order valence-corrected chi connectivity index (χ2v) is 11.4. The Balaban J connectivity index is 1.11. The Kier molecular flexibility index (Phi) is 8.46. The van der Waals surface area contributed by atoms with Crippen LogP contribution in [-0.4, -0.2) is 35.5 Å². The Morgan fingerprint density at radius 1 is 1.13 bits per heavy atom. The molecule has 1 aromatic heterocycles. The van der Waals surface area contributed by atoms with Crippen LogP contribution in [0.25, 0.3) is 0 Å². The second kappa shape index (κ2) is 12.1. The average molecular weight is 529 g/mol. The summed E-state index contributed by atoms with van der Waals surface area (Å²) < 4.78 is 11.1. The van der Waals surface area contributed by atoms with Gasteiger partial charge in [0.15, 0.2) is 0 Å². The fourth-order valence-electron chi connectivity index (χ4n) is 5.87. The number of aromatic nitrogens is 1. The van der Waals surface area contributed by atoms with Crippen molar-refractivity contribution in [2.45, 2.75) is 70.4 Å². The molecule has 38 heavy (non-hydrogen) atoms. The van der Waals surface area contributed by atoms with Gasteiger partial charge in [0.1, 0.15) is 17.4 Å². The first kappa shape index (κ1) is 26.5. The largest absolute Gasteiger partial charge is 0.488 e. The molecule has 0 unspecified atom stereocenters. The van der Waals surface area contributed by atoms with E-state index in [2.05, 4.69) is 46.0 Å². The van der Waals surface area contributed by atoms with E-state index >= 15 is 0 Å². The van der Waals surface area contributed by atoms with Gasteiger partial charge >= 0.3 is 5.97 Å². The predicted octanol–water partition coefficient (Wildman–Crippen LogP) is 6.26. The minimum Gasteiger partial charge on any atom is -0.488 e. The standard InChI is InChI=1S/C32H36N2O3S/c1-3-7-26(20-31(35)36-4-2)24-10-12-27(13-11-24)37-23-28-21-33-30(38-28)22-34-18-16-32(17-19-34)15-14-25-8-5-6-9-29(25)32/h5-6,8-13,21,26H,4,14-20,22-23H2,1-2H3/t26-/m0/s1. The van der Waals surface area contributed by atoms with E-state index in [1.165, 1.54) is 25.7 Å². The summed E-state index contributed by atoms with van der Waals surface area (Å²) in [6.45, 7) is 7.65. The molecule has 1 aliphatic carbocycles. The molecule has 2 heterocycles. The first-order valence-corrected chi connectivity index (χ1v) is 14.4. The highest BCUT2D eigenvalue weighted by Crippen LogP contribution is 2.46. The molecule has 1 spiro atoms. The van der Waals surface area contributed by atoms with Gasteiger partial charge in [-0.1, -0.05) is 42.3 Å². The summed E-state index contributed by atoms with van der Waals surface area (Å²) in [6.07, 6.45) is 7.22. The molecule has 3 aromatic rings. The van der Waals surface area contributed by atoms with Crippen molar-refractivity contribution in [2.24, 2.45) is 0 Å². The second-order valence-electron chi connectivity index (χ2n) is 10.2. The Labute approximate surface area is 230 Å². The van der Waals surface area contributed by atoms with E-state index in [1.54, 1.807) is 29.4 Å². The molecule has 1 saturated heterocycles. The Hall–Kier alpha value is -3.14. The average Bonchev–Trinajstić information content (AvgIpc) is 3.54. The number of hydrogen-bond acceptors (Lipinski definition) is 6. The quantitative estimate of drug-likeness (QED) is 0.242. The van der Waals surface area contributed by atoms with E-state index in [9.17, 15) is 4.79 Å². The lowest BCUT2D eigenvalue weighted by Gasteiger charge is -2.40. The molecule has 6 heteroatoms. The van der Waals surface area contributed by atoms with Crippen molar-refractivity contribution in [1.29, 1.82) is 0 Å². The molecule has 198 valence electrons. The molecular weight excluding hydrogens is 492 g/mol. The van der Waals surface area contributed by atoms with Crippen LogP contribution in [0.3, 0.4) is 0 Å². The number of fused-ring (bicyclic) bond motifs is 2. The van der Waals surface area contributed by atoms with Crippen LogP contribution in [0.2, 0.25) is 0 Å². The molecule has 5 rings (SSSR count). The van der Waals surface area contributed by atoms with Crippen LogP contribution in [0.15, 0.2) is 54.7 Å². The predicted molar refractivity (Wildman–Crippen MR) is 151 cm³/mol. The van der Waals surface area contributed by atoms with Crippen LogP contribution in [0.5, 0.6) is 5.75 Å². The molecule has 2 aliphatic rings. The molecule has 0 saturated carbocycles. The molecule has 5 nitrogen and oxygen atoms in total. The van der Waals surface area contributed by atoms with Crippen molar-refractivity contribution in [1.82, 2.24) is 9.88 Å². The summed E-state index contributed by atoms with van der Waals surface area (Å²) in [5.41, 5.74) is 4.55. The Bertz CT molecular complexity index is 1300. The SMILES string of the molecule is CC#C[C@@H](CC(=O)OCC)c1ccc(OCc2cnc(CN3CCC4(CCc5ccccc54)CC3)s2)cc1. The molecule has 0 amide bonds. The molecule has 0 radical (unpaired) electrons. The maximum Gasteiger partial charge on any atom is 0.307 e. The van der Waals surface area contributed by atoms with E-state index in [1.807, 2.05) is 37.4 Å². The lowest BCUT2D eigenvalue weighted by Crippen LogP contribution is -2.41. The van der Waals surface area contributed by atoms with Gasteiger partial charge < -0.3 is 9.47 Å². The number of nitrogens with zero attached hydrogens (tertiary/aromatic N) is 2. The van der Waals surface area contributed by atoms with E-state index in [4.69, 9.17) is 9.47 Å². The van der Waals surface area contributed by atoms with Gasteiger partial charge in [-0.2, -0.15) is 0 Å². The van der Waals surface area contributed by atoms with Crippen molar-refractivity contribution in [2.75, 3.05) is 19.7 Å². The first-order chi connectivity index (χ1) is 18.6. The molecule has 0 N–H and O–H groups in total. The summed E-state index contributed by atoms with van der Waals surface area (Å²) in [7, 11) is 0. The molecule has 1 aliphatic heterocycles. The summed E-state index contributed by atoms with van der Waals surface area (Å²) in [5, 5.41) is 1.15. The smallest absolute Gasteiger partial charge is 0.307 e. The van der Waals surface area contributed by atoms with Crippen molar-refractivity contribution in [3.63, 3.8) is 0 Å².